The van der Waals surface area contributed by atoms with E-state index in [1.165, 1.54) is 72.1 Å². The summed E-state index contributed by atoms with van der Waals surface area (Å²) in [5, 5.41) is 4.73. The Balaban J connectivity index is 1.85. The average molecular weight is 895 g/mol. The van der Waals surface area contributed by atoms with Gasteiger partial charge < -0.3 is 23.1 Å². The molecule has 7 heteroatoms. The fourth-order valence-electron chi connectivity index (χ4n) is 8.48. The van der Waals surface area contributed by atoms with Crippen LogP contribution >= 0.6 is 0 Å². The highest BCUT2D eigenvalue weighted by molar-refractivity contribution is 6.91. The molecule has 4 aromatic rings. The maximum Gasteiger partial charge on any atom is 0.229 e. The third-order valence-corrected chi connectivity index (χ3v) is 18.1. The Bertz CT molecular complexity index is 1650. The molecule has 0 heterocycles. The number of hydrogen-bond acceptors (Lipinski definition) is 5. The lowest BCUT2D eigenvalue weighted by atomic mass is 10.0. The van der Waals surface area contributed by atoms with Gasteiger partial charge in [-0.25, -0.2) is 0 Å². The molecule has 348 valence electrons. The van der Waals surface area contributed by atoms with E-state index in [1.807, 2.05) is 0 Å². The molecule has 0 aliphatic rings. The predicted molar refractivity (Wildman–Crippen MR) is 275 cm³/mol. The van der Waals surface area contributed by atoms with Gasteiger partial charge in [0, 0.05) is 0 Å². The lowest BCUT2D eigenvalue weighted by molar-refractivity contribution is 0.0959. The van der Waals surface area contributed by atoms with Crippen LogP contribution in [0.15, 0.2) is 97.1 Å². The first-order valence-electron chi connectivity index (χ1n) is 24.8. The van der Waals surface area contributed by atoms with Crippen molar-refractivity contribution in [2.75, 3.05) is 0 Å². The molecule has 0 aromatic heterocycles. The molecule has 0 radical (unpaired) electrons. The largest absolute Gasteiger partial charge is 0.488 e. The summed E-state index contributed by atoms with van der Waals surface area (Å²) >= 11 is 0. The molecular weight excluding hydrogens is 809 g/mol. The zero-order valence-electron chi connectivity index (χ0n) is 41.7. The summed E-state index contributed by atoms with van der Waals surface area (Å²) in [5.74, 6) is 3.55. The Kier molecular flexibility index (Phi) is 20.9. The Morgan fingerprint density at radius 1 is 0.333 bits per heavy atom. The maximum atomic E-state index is 7.91. The normalized spacial score (nSPS) is 12.5. The first-order valence-corrected chi connectivity index (χ1v) is 28.0. The lowest BCUT2D eigenvalue weighted by Gasteiger charge is -2.30. The van der Waals surface area contributed by atoms with Gasteiger partial charge in [-0.2, -0.15) is 0 Å². The second-order valence-electron chi connectivity index (χ2n) is 20.5. The van der Waals surface area contributed by atoms with Gasteiger partial charge in [0.15, 0.2) is 0 Å². The molecule has 5 nitrogen and oxygen atoms in total. The molecule has 0 fully saturated rings. The van der Waals surface area contributed by atoms with E-state index in [1.54, 1.807) is 0 Å². The number of ether oxygens (including phenoxy) is 4. The molecule has 4 aromatic carbocycles. The summed E-state index contributed by atoms with van der Waals surface area (Å²) in [4.78, 5) is 0. The van der Waals surface area contributed by atoms with Crippen molar-refractivity contribution in [3.63, 3.8) is 0 Å². The SMILES string of the molecule is CCCCCC(C)(C)Oc1cccc([SiH](O[SiH](c2cccc(OC(C)(C)CCCCC)c2)c2cccc(OC(C)(C)CCCCC)c2)c2cccc(OC(C)(C)CCCCC)c2)c1. The van der Waals surface area contributed by atoms with Gasteiger partial charge in [0.2, 0.25) is 18.1 Å². The van der Waals surface area contributed by atoms with Crippen molar-refractivity contribution in [1.82, 2.24) is 0 Å². The quantitative estimate of drug-likeness (QED) is 0.0385. The molecule has 0 saturated carbocycles. The van der Waals surface area contributed by atoms with Crippen molar-refractivity contribution in [2.24, 2.45) is 0 Å². The highest BCUT2D eigenvalue weighted by Gasteiger charge is 2.31. The summed E-state index contributed by atoms with van der Waals surface area (Å²) in [6, 6.07) is 35.0. The Morgan fingerprint density at radius 2 is 0.556 bits per heavy atom. The zero-order valence-corrected chi connectivity index (χ0v) is 44.1. The summed E-state index contributed by atoms with van der Waals surface area (Å²) in [7, 11) is -4.86. The van der Waals surface area contributed by atoms with Crippen LogP contribution in [0.3, 0.4) is 0 Å². The molecule has 0 unspecified atom stereocenters. The van der Waals surface area contributed by atoms with Crippen LogP contribution in [0.1, 0.15) is 186 Å². The number of benzene rings is 4. The van der Waals surface area contributed by atoms with Crippen LogP contribution < -0.4 is 39.7 Å². The van der Waals surface area contributed by atoms with Gasteiger partial charge in [0.25, 0.3) is 0 Å². The van der Waals surface area contributed by atoms with Crippen LogP contribution in [0, 0.1) is 0 Å². The van der Waals surface area contributed by atoms with E-state index in [0.29, 0.717) is 0 Å². The molecule has 0 saturated heterocycles. The molecule has 0 spiro atoms. The van der Waals surface area contributed by atoms with E-state index >= 15 is 0 Å². The molecule has 0 aliphatic heterocycles. The van der Waals surface area contributed by atoms with Crippen molar-refractivity contribution in [2.45, 2.75) is 208 Å². The Hall–Kier alpha value is -3.53. The van der Waals surface area contributed by atoms with Gasteiger partial charge in [-0.05, 0) is 176 Å². The minimum Gasteiger partial charge on any atom is -0.488 e. The molecule has 0 aliphatic carbocycles. The third-order valence-electron chi connectivity index (χ3n) is 12.0. The molecule has 0 amide bonds. The zero-order chi connectivity index (χ0) is 45.9. The van der Waals surface area contributed by atoms with Gasteiger partial charge in [0.1, 0.15) is 45.4 Å². The maximum absolute atomic E-state index is 7.91. The summed E-state index contributed by atoms with van der Waals surface area (Å²) in [6.07, 6.45) is 18.2. The van der Waals surface area contributed by atoms with Crippen LogP contribution in [0.5, 0.6) is 23.0 Å². The standard InChI is InChI=1S/C56H86O5Si2/c1-13-17-21-37-53(5,6)57-45-29-25-33-49(41-45)62(50-34-26-30-46(42-50)58-54(7,8)38-22-18-14-2)61-63(51-35-27-31-47(43-51)59-55(9,10)39-23-19-15-3)52-36-28-32-48(44-52)60-56(11,12)40-24-20-16-4/h25-36,41-44,62-63H,13-24,37-40H2,1-12H3. The third kappa shape index (κ3) is 18.5. The number of rotatable bonds is 30. The number of hydrogen-bond donors (Lipinski definition) is 0. The van der Waals surface area contributed by atoms with Crippen molar-refractivity contribution >= 4 is 38.8 Å². The molecule has 0 atom stereocenters. The van der Waals surface area contributed by atoms with Crippen LogP contribution in [0.4, 0.5) is 0 Å². The summed E-state index contributed by atoms with van der Waals surface area (Å²) in [5.41, 5.74) is -1.13. The van der Waals surface area contributed by atoms with Crippen LogP contribution in [-0.2, 0) is 4.12 Å². The van der Waals surface area contributed by atoms with Crippen molar-refractivity contribution in [1.29, 1.82) is 0 Å². The monoisotopic (exact) mass is 895 g/mol. The van der Waals surface area contributed by atoms with Crippen molar-refractivity contribution in [3.05, 3.63) is 97.1 Å². The Labute approximate surface area is 388 Å². The van der Waals surface area contributed by atoms with Crippen molar-refractivity contribution < 1.29 is 23.1 Å². The second-order valence-corrected chi connectivity index (χ2v) is 25.7. The minimum atomic E-state index is -2.43. The lowest BCUT2D eigenvalue weighted by Crippen LogP contribution is -2.56. The van der Waals surface area contributed by atoms with Gasteiger partial charge in [-0.15, -0.1) is 0 Å². The summed E-state index contributed by atoms with van der Waals surface area (Å²) in [6.45, 7) is 26.7. The second kappa shape index (κ2) is 25.2. The Morgan fingerprint density at radius 3 is 0.762 bits per heavy atom. The van der Waals surface area contributed by atoms with Crippen LogP contribution in [0.2, 0.25) is 0 Å². The van der Waals surface area contributed by atoms with Gasteiger partial charge in [0.05, 0.1) is 0 Å². The van der Waals surface area contributed by atoms with Crippen molar-refractivity contribution in [3.8, 4) is 23.0 Å². The highest BCUT2D eigenvalue weighted by Crippen LogP contribution is 2.27. The molecule has 63 heavy (non-hydrogen) atoms. The van der Waals surface area contributed by atoms with E-state index in [9.17, 15) is 0 Å². The highest BCUT2D eigenvalue weighted by atomic mass is 28.4. The first kappa shape index (κ1) is 52.1. The fourth-order valence-corrected chi connectivity index (χ4v) is 15.3. The fraction of sp³-hybridized carbons (Fsp3) is 0.571. The van der Waals surface area contributed by atoms with Gasteiger partial charge in [-0.1, -0.05) is 128 Å². The predicted octanol–water partition coefficient (Wildman–Crippen LogP) is 13.0. The molecule has 4 rings (SSSR count). The van der Waals surface area contributed by atoms with E-state index in [-0.39, 0.29) is 22.4 Å². The average Bonchev–Trinajstić information content (AvgIpc) is 3.21. The minimum absolute atomic E-state index is 0.282. The van der Waals surface area contributed by atoms with E-state index < -0.39 is 18.1 Å². The van der Waals surface area contributed by atoms with Crippen LogP contribution in [-0.4, -0.2) is 40.5 Å². The van der Waals surface area contributed by atoms with E-state index in [2.05, 4.69) is 180 Å². The topological polar surface area (TPSA) is 46.2 Å². The van der Waals surface area contributed by atoms with Gasteiger partial charge >= 0.3 is 0 Å². The van der Waals surface area contributed by atoms with E-state index in [0.717, 1.165) is 74.4 Å². The molecule has 0 bridgehead atoms. The molecule has 0 N–H and O–H groups in total. The molecular formula is C56H86O5Si2. The van der Waals surface area contributed by atoms with E-state index in [4.69, 9.17) is 23.1 Å². The van der Waals surface area contributed by atoms with Gasteiger partial charge in [-0.3, -0.25) is 0 Å². The number of unbranched alkanes of at least 4 members (excludes halogenated alkanes) is 8. The van der Waals surface area contributed by atoms with Crippen LogP contribution in [0.25, 0.3) is 0 Å². The first-order chi connectivity index (χ1) is 30.0. The smallest absolute Gasteiger partial charge is 0.229 e. The summed E-state index contributed by atoms with van der Waals surface area (Å²) < 4.78 is 35.1.